The molecule has 0 heterocycles. The Labute approximate surface area is 105 Å². The maximum Gasteiger partial charge on any atom is 0.312 e. The highest BCUT2D eigenvalue weighted by atomic mass is 32.1. The number of unbranched alkanes of at least 4 members (excludes halogenated alkanes) is 1. The topological polar surface area (TPSA) is 76.2 Å². The standard InChI is InChI=1S/C11H12N2O3S/c12-8-9-3-4-11(10(7-9)13(14)15)16-5-1-2-6-17/h3-4,7,17H,1-2,5-6H2. The molecule has 6 heteroatoms. The summed E-state index contributed by atoms with van der Waals surface area (Å²) in [5.41, 5.74) is 0.0781. The number of thiol groups is 1. The molecule has 17 heavy (non-hydrogen) atoms. The van der Waals surface area contributed by atoms with Crippen LogP contribution in [0.3, 0.4) is 0 Å². The van der Waals surface area contributed by atoms with Crippen molar-refractivity contribution >= 4 is 18.3 Å². The van der Waals surface area contributed by atoms with Gasteiger partial charge in [0.1, 0.15) is 0 Å². The normalized spacial score (nSPS) is 9.65. The van der Waals surface area contributed by atoms with Crippen LogP contribution in [0.25, 0.3) is 0 Å². The molecule has 1 aromatic carbocycles. The largest absolute Gasteiger partial charge is 0.487 e. The van der Waals surface area contributed by atoms with Crippen LogP contribution in [0.4, 0.5) is 5.69 Å². The Balaban J connectivity index is 2.77. The van der Waals surface area contributed by atoms with E-state index < -0.39 is 4.92 Å². The van der Waals surface area contributed by atoms with E-state index in [4.69, 9.17) is 10.00 Å². The third-order valence-electron chi connectivity index (χ3n) is 2.09. The molecule has 1 aromatic rings. The molecule has 0 aliphatic rings. The van der Waals surface area contributed by atoms with Gasteiger partial charge in [-0.1, -0.05) is 0 Å². The van der Waals surface area contributed by atoms with E-state index in [2.05, 4.69) is 12.6 Å². The molecule has 0 spiro atoms. The summed E-state index contributed by atoms with van der Waals surface area (Å²) < 4.78 is 5.31. The van der Waals surface area contributed by atoms with Crippen LogP contribution in [0, 0.1) is 21.4 Å². The van der Waals surface area contributed by atoms with Crippen LogP contribution < -0.4 is 4.74 Å². The SMILES string of the molecule is N#Cc1ccc(OCCCCS)c([N+](=O)[O-])c1. The Bertz CT molecular complexity index is 443. The van der Waals surface area contributed by atoms with Crippen molar-refractivity contribution in [2.75, 3.05) is 12.4 Å². The van der Waals surface area contributed by atoms with Gasteiger partial charge in [0.15, 0.2) is 5.75 Å². The molecule has 0 aromatic heterocycles. The van der Waals surface area contributed by atoms with E-state index in [9.17, 15) is 10.1 Å². The predicted molar refractivity (Wildman–Crippen MR) is 66.4 cm³/mol. The van der Waals surface area contributed by atoms with Gasteiger partial charge >= 0.3 is 5.69 Å². The lowest BCUT2D eigenvalue weighted by atomic mass is 10.2. The van der Waals surface area contributed by atoms with Crippen LogP contribution in [0.5, 0.6) is 5.75 Å². The fourth-order valence-corrected chi connectivity index (χ4v) is 1.47. The van der Waals surface area contributed by atoms with Crippen LogP contribution in [-0.4, -0.2) is 17.3 Å². The van der Waals surface area contributed by atoms with Gasteiger partial charge in [0.2, 0.25) is 0 Å². The van der Waals surface area contributed by atoms with Gasteiger partial charge in [-0.2, -0.15) is 17.9 Å². The van der Waals surface area contributed by atoms with Crippen molar-refractivity contribution in [2.45, 2.75) is 12.8 Å². The third-order valence-corrected chi connectivity index (χ3v) is 2.41. The van der Waals surface area contributed by atoms with E-state index in [0.717, 1.165) is 18.6 Å². The molecule has 5 nitrogen and oxygen atoms in total. The van der Waals surface area contributed by atoms with Crippen LogP contribution >= 0.6 is 12.6 Å². The number of ether oxygens (including phenoxy) is 1. The minimum atomic E-state index is -0.547. The molecule has 0 saturated heterocycles. The zero-order chi connectivity index (χ0) is 12.7. The minimum Gasteiger partial charge on any atom is -0.487 e. The van der Waals surface area contributed by atoms with Crippen molar-refractivity contribution in [3.05, 3.63) is 33.9 Å². The first-order chi connectivity index (χ1) is 8.19. The highest BCUT2D eigenvalue weighted by Crippen LogP contribution is 2.27. The number of hydrogen-bond acceptors (Lipinski definition) is 5. The molecule has 0 N–H and O–H groups in total. The van der Waals surface area contributed by atoms with Gasteiger partial charge in [0, 0.05) is 6.07 Å². The molecule has 90 valence electrons. The number of benzene rings is 1. The van der Waals surface area contributed by atoms with Crippen molar-refractivity contribution in [3.8, 4) is 11.8 Å². The van der Waals surface area contributed by atoms with Crippen LogP contribution in [0.1, 0.15) is 18.4 Å². The molecular formula is C11H12N2O3S. The highest BCUT2D eigenvalue weighted by molar-refractivity contribution is 7.80. The summed E-state index contributed by atoms with van der Waals surface area (Å²) in [5, 5.41) is 19.4. The molecule has 0 aliphatic carbocycles. The summed E-state index contributed by atoms with van der Waals surface area (Å²) in [6.45, 7) is 0.410. The average Bonchev–Trinajstić information content (AvgIpc) is 2.34. The second-order valence-corrected chi connectivity index (χ2v) is 3.78. The third kappa shape index (κ3) is 3.96. The summed E-state index contributed by atoms with van der Waals surface area (Å²) in [6, 6.07) is 6.03. The fraction of sp³-hybridized carbons (Fsp3) is 0.364. The first-order valence-electron chi connectivity index (χ1n) is 5.11. The van der Waals surface area contributed by atoms with Gasteiger partial charge in [-0.3, -0.25) is 10.1 Å². The first kappa shape index (κ1) is 13.3. The van der Waals surface area contributed by atoms with Crippen molar-refractivity contribution in [2.24, 2.45) is 0 Å². The second kappa shape index (κ2) is 6.76. The Morgan fingerprint density at radius 3 is 2.82 bits per heavy atom. The van der Waals surface area contributed by atoms with Gasteiger partial charge in [-0.05, 0) is 30.7 Å². The predicted octanol–water partition coefficient (Wildman–Crippen LogP) is 2.56. The zero-order valence-electron chi connectivity index (χ0n) is 9.13. The van der Waals surface area contributed by atoms with E-state index in [0.29, 0.717) is 6.61 Å². The summed E-state index contributed by atoms with van der Waals surface area (Å²) in [4.78, 5) is 10.2. The summed E-state index contributed by atoms with van der Waals surface area (Å²) in [6.07, 6.45) is 1.69. The van der Waals surface area contributed by atoms with Gasteiger partial charge in [-0.25, -0.2) is 0 Å². The molecule has 1 rings (SSSR count). The number of nitro benzene ring substituents is 1. The fourth-order valence-electron chi connectivity index (χ4n) is 1.25. The Morgan fingerprint density at radius 2 is 2.24 bits per heavy atom. The molecule has 0 unspecified atom stereocenters. The number of nitrogens with zero attached hydrogens (tertiary/aromatic N) is 2. The zero-order valence-corrected chi connectivity index (χ0v) is 10.0. The average molecular weight is 252 g/mol. The van der Waals surface area contributed by atoms with E-state index in [1.54, 1.807) is 0 Å². The Morgan fingerprint density at radius 1 is 1.47 bits per heavy atom. The summed E-state index contributed by atoms with van der Waals surface area (Å²) >= 11 is 4.06. The van der Waals surface area contributed by atoms with E-state index in [-0.39, 0.29) is 17.0 Å². The smallest absolute Gasteiger partial charge is 0.312 e. The lowest BCUT2D eigenvalue weighted by Gasteiger charge is -2.06. The van der Waals surface area contributed by atoms with Gasteiger partial charge in [-0.15, -0.1) is 0 Å². The van der Waals surface area contributed by atoms with E-state index in [1.165, 1.54) is 18.2 Å². The maximum absolute atomic E-state index is 10.8. The second-order valence-electron chi connectivity index (χ2n) is 3.33. The Hall–Kier alpha value is -1.74. The molecule has 0 amide bonds. The van der Waals surface area contributed by atoms with Crippen molar-refractivity contribution < 1.29 is 9.66 Å². The van der Waals surface area contributed by atoms with Crippen molar-refractivity contribution in [3.63, 3.8) is 0 Å². The first-order valence-corrected chi connectivity index (χ1v) is 5.74. The molecular weight excluding hydrogens is 240 g/mol. The number of hydrogen-bond donors (Lipinski definition) is 1. The van der Waals surface area contributed by atoms with E-state index >= 15 is 0 Å². The van der Waals surface area contributed by atoms with Crippen LogP contribution in [0.2, 0.25) is 0 Å². The van der Waals surface area contributed by atoms with E-state index in [1.807, 2.05) is 6.07 Å². The molecule has 0 bridgehead atoms. The van der Waals surface area contributed by atoms with Crippen LogP contribution in [0.15, 0.2) is 18.2 Å². The Kier molecular flexibility index (Phi) is 5.30. The van der Waals surface area contributed by atoms with Crippen LogP contribution in [-0.2, 0) is 0 Å². The number of rotatable bonds is 6. The molecule has 0 atom stereocenters. The van der Waals surface area contributed by atoms with Crippen molar-refractivity contribution in [1.29, 1.82) is 5.26 Å². The quantitative estimate of drug-likeness (QED) is 0.365. The molecule has 0 saturated carbocycles. The lowest BCUT2D eigenvalue weighted by Crippen LogP contribution is -2.01. The van der Waals surface area contributed by atoms with Crippen molar-refractivity contribution in [1.82, 2.24) is 0 Å². The number of nitro groups is 1. The molecule has 0 radical (unpaired) electrons. The van der Waals surface area contributed by atoms with Gasteiger partial charge < -0.3 is 4.74 Å². The van der Waals surface area contributed by atoms with Gasteiger partial charge in [0.25, 0.3) is 0 Å². The maximum atomic E-state index is 10.8. The minimum absolute atomic E-state index is 0.171. The monoisotopic (exact) mass is 252 g/mol. The summed E-state index contributed by atoms with van der Waals surface area (Å²) in [5.74, 6) is 0.965. The molecule has 0 aliphatic heterocycles. The highest BCUT2D eigenvalue weighted by Gasteiger charge is 2.15. The van der Waals surface area contributed by atoms with Gasteiger partial charge in [0.05, 0.1) is 23.2 Å². The summed E-state index contributed by atoms with van der Waals surface area (Å²) in [7, 11) is 0. The number of nitriles is 1. The lowest BCUT2D eigenvalue weighted by molar-refractivity contribution is -0.385. The molecule has 0 fully saturated rings.